The van der Waals surface area contributed by atoms with Gasteiger partial charge in [0.15, 0.2) is 0 Å². The summed E-state index contributed by atoms with van der Waals surface area (Å²) in [4.78, 5) is 14.1. The average molecular weight is 490 g/mol. The summed E-state index contributed by atoms with van der Waals surface area (Å²) in [5, 5.41) is 0. The predicted molar refractivity (Wildman–Crippen MR) is 133 cm³/mol. The molecule has 0 radical (unpaired) electrons. The van der Waals surface area contributed by atoms with Crippen LogP contribution in [0.4, 0.5) is 5.69 Å². The van der Waals surface area contributed by atoms with Gasteiger partial charge in [0, 0.05) is 18.7 Å². The topological polar surface area (TPSA) is 77.5 Å². The Bertz CT molecular complexity index is 698. The fraction of sp³-hybridized carbons (Fsp3) is 0.731. The summed E-state index contributed by atoms with van der Waals surface area (Å²) in [5.41, 5.74) is 0.641. The summed E-state index contributed by atoms with van der Waals surface area (Å²) in [7, 11) is -4.36. The van der Waals surface area contributed by atoms with Crippen LogP contribution in [0.3, 0.4) is 0 Å². The molecule has 1 aromatic rings. The molecule has 5 nitrogen and oxygen atoms in total. The molecular formula is C26H44NNaO4S. The molecule has 0 aliphatic carbocycles. The fourth-order valence-corrected chi connectivity index (χ4v) is 4.40. The van der Waals surface area contributed by atoms with E-state index in [1.54, 1.807) is 24.3 Å². The number of rotatable bonds is 20. The maximum Gasteiger partial charge on any atom is 1.00 e. The third-order valence-electron chi connectivity index (χ3n) is 5.93. The van der Waals surface area contributed by atoms with Crippen molar-refractivity contribution < 1.29 is 47.3 Å². The van der Waals surface area contributed by atoms with Gasteiger partial charge >= 0.3 is 29.6 Å². The molecule has 33 heavy (non-hydrogen) atoms. The maximum atomic E-state index is 12.6. The van der Waals surface area contributed by atoms with Crippen LogP contribution in [0.1, 0.15) is 110 Å². The number of carbonyl (C=O) groups is 1. The average Bonchev–Trinajstić information content (AvgIpc) is 2.76. The van der Waals surface area contributed by atoms with Gasteiger partial charge in [-0.05, 0) is 18.6 Å². The summed E-state index contributed by atoms with van der Waals surface area (Å²) in [6.45, 7) is 2.17. The van der Waals surface area contributed by atoms with Crippen LogP contribution in [-0.4, -0.2) is 31.2 Å². The number of carbonyl (C=O) groups excluding carboxylic acids is 1. The first-order valence-corrected chi connectivity index (χ1v) is 14.3. The Balaban J connectivity index is 0.0000102. The Labute approximate surface area is 225 Å². The predicted octanol–water partition coefficient (Wildman–Crippen LogP) is 3.83. The summed E-state index contributed by atoms with van der Waals surface area (Å²) in [5.74, 6) is -0.679. The maximum absolute atomic E-state index is 12.6. The zero-order valence-electron chi connectivity index (χ0n) is 21.1. The molecule has 7 heteroatoms. The first-order valence-electron chi connectivity index (χ1n) is 12.7. The molecule has 0 atom stereocenters. The first-order chi connectivity index (χ1) is 15.4. The van der Waals surface area contributed by atoms with Crippen molar-refractivity contribution in [1.82, 2.24) is 0 Å². The van der Waals surface area contributed by atoms with Crippen LogP contribution < -0.4 is 34.5 Å². The van der Waals surface area contributed by atoms with Crippen LogP contribution in [0, 0.1) is 0 Å². The number of unbranched alkanes of at least 4 members (excludes halogenated alkanes) is 14. The van der Waals surface area contributed by atoms with Crippen LogP contribution in [0.2, 0.25) is 0 Å². The normalized spacial score (nSPS) is 11.2. The Hall–Kier alpha value is -0.400. The fourth-order valence-electron chi connectivity index (χ4n) is 3.99. The van der Waals surface area contributed by atoms with Crippen molar-refractivity contribution in [3.8, 4) is 0 Å². The number of hydrogen-bond donors (Lipinski definition) is 0. The summed E-state index contributed by atoms with van der Waals surface area (Å²) in [6, 6.07) is 8.97. The van der Waals surface area contributed by atoms with E-state index in [9.17, 15) is 17.8 Å². The van der Waals surface area contributed by atoms with Crippen molar-refractivity contribution in [3.05, 3.63) is 30.3 Å². The SMILES string of the molecule is CCCCCCCCCCCCCCCCCC(=O)N(CCS(=O)(=O)[O-])c1ccccc1.[Na+]. The Kier molecular flexibility index (Phi) is 20.7. The van der Waals surface area contributed by atoms with E-state index in [2.05, 4.69) is 6.92 Å². The Morgan fingerprint density at radius 3 is 1.61 bits per heavy atom. The van der Waals surface area contributed by atoms with Gasteiger partial charge in [-0.2, -0.15) is 0 Å². The number of amides is 1. The summed E-state index contributed by atoms with van der Waals surface area (Å²) in [6.07, 6.45) is 19.4. The monoisotopic (exact) mass is 489 g/mol. The van der Waals surface area contributed by atoms with E-state index in [4.69, 9.17) is 0 Å². The molecule has 0 fully saturated rings. The molecule has 0 aliphatic rings. The number of benzene rings is 1. The van der Waals surface area contributed by atoms with E-state index in [-0.39, 0.29) is 42.0 Å². The van der Waals surface area contributed by atoms with Gasteiger partial charge in [0.1, 0.15) is 0 Å². The second-order valence-electron chi connectivity index (χ2n) is 8.84. The minimum Gasteiger partial charge on any atom is -0.748 e. The summed E-state index contributed by atoms with van der Waals surface area (Å²) >= 11 is 0. The molecule has 0 heterocycles. The zero-order chi connectivity index (χ0) is 23.5. The standard InChI is InChI=1S/C26H45NO4S.Na/c1-2-3-4-5-6-7-8-9-10-11-12-13-14-15-19-22-26(28)27(23-24-32(29,30)31)25-20-17-16-18-21-25;/h16-18,20-21H,2-15,19,22-24H2,1H3,(H,29,30,31);/q;+1/p-1. The van der Waals surface area contributed by atoms with Gasteiger partial charge < -0.3 is 9.45 Å². The minimum atomic E-state index is -4.36. The van der Waals surface area contributed by atoms with Crippen LogP contribution in [0.5, 0.6) is 0 Å². The molecule has 0 aliphatic heterocycles. The number of nitrogens with zero attached hydrogens (tertiary/aromatic N) is 1. The van der Waals surface area contributed by atoms with Crippen molar-refractivity contribution in [2.45, 2.75) is 110 Å². The van der Waals surface area contributed by atoms with Crippen LogP contribution in [0.15, 0.2) is 30.3 Å². The van der Waals surface area contributed by atoms with Gasteiger partial charge in [-0.25, -0.2) is 8.42 Å². The van der Waals surface area contributed by atoms with Gasteiger partial charge in [-0.15, -0.1) is 0 Å². The quantitative estimate of drug-likeness (QED) is 0.158. The van der Waals surface area contributed by atoms with E-state index < -0.39 is 15.9 Å². The first kappa shape index (κ1) is 32.6. The van der Waals surface area contributed by atoms with E-state index in [0.29, 0.717) is 12.1 Å². The third-order valence-corrected chi connectivity index (χ3v) is 6.61. The Morgan fingerprint density at radius 2 is 1.18 bits per heavy atom. The van der Waals surface area contributed by atoms with E-state index >= 15 is 0 Å². The van der Waals surface area contributed by atoms with E-state index in [0.717, 1.165) is 19.3 Å². The van der Waals surface area contributed by atoms with Crippen molar-refractivity contribution in [2.24, 2.45) is 0 Å². The van der Waals surface area contributed by atoms with Crippen LogP contribution in [0.25, 0.3) is 0 Å². The number of hydrogen-bond acceptors (Lipinski definition) is 4. The van der Waals surface area contributed by atoms with Crippen molar-refractivity contribution in [1.29, 1.82) is 0 Å². The van der Waals surface area contributed by atoms with Crippen LogP contribution >= 0.6 is 0 Å². The molecule has 1 amide bonds. The second-order valence-corrected chi connectivity index (χ2v) is 10.4. The smallest absolute Gasteiger partial charge is 0.748 e. The molecule has 0 saturated heterocycles. The van der Waals surface area contributed by atoms with Gasteiger partial charge in [0.2, 0.25) is 5.91 Å². The molecule has 0 spiro atoms. The van der Waals surface area contributed by atoms with Gasteiger partial charge in [-0.1, -0.05) is 115 Å². The van der Waals surface area contributed by atoms with Crippen LogP contribution in [-0.2, 0) is 14.9 Å². The van der Waals surface area contributed by atoms with Crippen molar-refractivity contribution >= 4 is 21.7 Å². The zero-order valence-corrected chi connectivity index (χ0v) is 23.9. The van der Waals surface area contributed by atoms with E-state index in [1.807, 2.05) is 6.07 Å². The minimum absolute atomic E-state index is 0. The largest absolute Gasteiger partial charge is 1.00 e. The molecule has 0 unspecified atom stereocenters. The van der Waals surface area contributed by atoms with Gasteiger partial charge in [-0.3, -0.25) is 4.79 Å². The van der Waals surface area contributed by atoms with Crippen molar-refractivity contribution in [2.75, 3.05) is 17.2 Å². The summed E-state index contributed by atoms with van der Waals surface area (Å²) < 4.78 is 33.0. The Morgan fingerprint density at radius 1 is 0.758 bits per heavy atom. The van der Waals surface area contributed by atoms with E-state index in [1.165, 1.54) is 81.9 Å². The molecular weight excluding hydrogens is 445 g/mol. The molecule has 1 rings (SSSR count). The molecule has 0 bridgehead atoms. The molecule has 0 saturated carbocycles. The molecule has 0 N–H and O–H groups in total. The molecule has 0 aromatic heterocycles. The van der Waals surface area contributed by atoms with Gasteiger partial charge in [0.05, 0.1) is 15.9 Å². The molecule has 1 aromatic carbocycles. The second kappa shape index (κ2) is 20.9. The number of para-hydroxylation sites is 1. The van der Waals surface area contributed by atoms with Gasteiger partial charge in [0.25, 0.3) is 0 Å². The number of anilines is 1. The molecule has 184 valence electrons. The van der Waals surface area contributed by atoms with Crippen molar-refractivity contribution in [3.63, 3.8) is 0 Å². The third kappa shape index (κ3) is 18.6.